The summed E-state index contributed by atoms with van der Waals surface area (Å²) in [4.78, 5) is 11.1. The van der Waals surface area contributed by atoms with E-state index in [9.17, 15) is 0 Å². The Hall–Kier alpha value is -6.30. The zero-order valence-corrected chi connectivity index (χ0v) is 33.3. The summed E-state index contributed by atoms with van der Waals surface area (Å²) in [5.41, 5.74) is 12.0. The molecule has 274 valence electrons. The van der Waals surface area contributed by atoms with Gasteiger partial charge in [-0.3, -0.25) is 4.57 Å². The number of hydrogen-bond donors (Lipinski definition) is 0. The van der Waals surface area contributed by atoms with Gasteiger partial charge < -0.3 is 4.57 Å². The van der Waals surface area contributed by atoms with Crippen molar-refractivity contribution in [1.82, 2.24) is 19.1 Å². The lowest BCUT2D eigenvalue weighted by Gasteiger charge is -2.42. The third kappa shape index (κ3) is 4.66. The summed E-state index contributed by atoms with van der Waals surface area (Å²) in [6, 6.07) is 53.4. The first-order valence-corrected chi connectivity index (χ1v) is 20.9. The zero-order chi connectivity index (χ0) is 38.2. The standard InChI is InChI=1S/C52H40N4S/c1-51(2)25-26-52(3,4)41-30-44-37(27-40(41)51)39-29-43-38(28-42(39)55(44)33-18-9-6-10-19-33)35-24-23-31-15-11-12-20-34(31)48(35)56(43)50-53-46(32-16-7-5-8-17-32)49-47(54-50)36-21-13-14-22-45(36)57-49/h5-24,27-30H,25-26H2,1-4H3. The molecular formula is C52H40N4S. The second-order valence-corrected chi connectivity index (χ2v) is 18.3. The van der Waals surface area contributed by atoms with Gasteiger partial charge in [-0.25, -0.2) is 9.97 Å². The summed E-state index contributed by atoms with van der Waals surface area (Å²) < 4.78 is 7.19. The fourth-order valence-corrected chi connectivity index (χ4v) is 11.0. The highest BCUT2D eigenvalue weighted by Gasteiger charge is 2.38. The lowest BCUT2D eigenvalue weighted by atomic mass is 9.63. The van der Waals surface area contributed by atoms with Crippen molar-refractivity contribution >= 4 is 86.0 Å². The first-order valence-electron chi connectivity index (χ1n) is 20.0. The second kappa shape index (κ2) is 11.6. The van der Waals surface area contributed by atoms with Crippen LogP contribution in [0.5, 0.6) is 0 Å². The Labute approximate surface area is 334 Å². The minimum atomic E-state index is 0.0819. The molecule has 0 spiro atoms. The molecule has 0 amide bonds. The van der Waals surface area contributed by atoms with E-state index in [0.29, 0.717) is 5.95 Å². The summed E-state index contributed by atoms with van der Waals surface area (Å²) in [5.74, 6) is 0.688. The maximum absolute atomic E-state index is 5.56. The van der Waals surface area contributed by atoms with Crippen molar-refractivity contribution in [3.63, 3.8) is 0 Å². The highest BCUT2D eigenvalue weighted by Crippen LogP contribution is 2.50. The molecule has 0 saturated heterocycles. The van der Waals surface area contributed by atoms with Crippen LogP contribution in [-0.4, -0.2) is 19.1 Å². The van der Waals surface area contributed by atoms with Crippen LogP contribution in [0.2, 0.25) is 0 Å². The van der Waals surface area contributed by atoms with Crippen LogP contribution in [0.1, 0.15) is 51.7 Å². The Morgan fingerprint density at radius 1 is 0.509 bits per heavy atom. The van der Waals surface area contributed by atoms with E-state index >= 15 is 0 Å². The van der Waals surface area contributed by atoms with E-state index in [4.69, 9.17) is 9.97 Å². The average Bonchev–Trinajstić information content (AvgIpc) is 3.89. The molecule has 0 N–H and O–H groups in total. The minimum Gasteiger partial charge on any atom is -0.309 e. The largest absolute Gasteiger partial charge is 0.309 e. The minimum absolute atomic E-state index is 0.0819. The molecule has 0 saturated carbocycles. The van der Waals surface area contributed by atoms with Crippen molar-refractivity contribution in [2.45, 2.75) is 51.4 Å². The number of para-hydroxylation sites is 1. The molecule has 0 bridgehead atoms. The molecule has 4 aromatic heterocycles. The number of nitrogens with zero attached hydrogens (tertiary/aromatic N) is 4. The van der Waals surface area contributed by atoms with Gasteiger partial charge >= 0.3 is 0 Å². The average molecular weight is 753 g/mol. The monoisotopic (exact) mass is 752 g/mol. The maximum atomic E-state index is 5.56. The summed E-state index contributed by atoms with van der Waals surface area (Å²) in [6.07, 6.45) is 2.34. The third-order valence-electron chi connectivity index (χ3n) is 13.0. The smallest absolute Gasteiger partial charge is 0.235 e. The molecule has 0 aliphatic heterocycles. The Kier molecular flexibility index (Phi) is 6.71. The van der Waals surface area contributed by atoms with Crippen LogP contribution in [0.25, 0.3) is 97.6 Å². The number of fused-ring (bicyclic) bond motifs is 12. The Bertz CT molecular complexity index is 3460. The molecule has 0 unspecified atom stereocenters. The van der Waals surface area contributed by atoms with E-state index in [1.807, 2.05) is 0 Å². The number of rotatable bonds is 3. The SMILES string of the molecule is CC1(C)CCC(C)(C)c2cc3c(cc21)c1cc2c(cc1n3-c1ccccc1)c1ccc3ccccc3c1n2-c1nc(-c2ccccc2)c2sc3ccccc3c2n1. The molecule has 4 heterocycles. The first kappa shape index (κ1) is 32.9. The van der Waals surface area contributed by atoms with Gasteiger partial charge in [-0.05, 0) is 82.6 Å². The molecule has 0 fully saturated rings. The van der Waals surface area contributed by atoms with Gasteiger partial charge in [0.15, 0.2) is 0 Å². The Morgan fingerprint density at radius 3 is 1.88 bits per heavy atom. The van der Waals surface area contributed by atoms with E-state index in [0.717, 1.165) is 37.9 Å². The van der Waals surface area contributed by atoms with Gasteiger partial charge in [0.25, 0.3) is 0 Å². The fourth-order valence-electron chi connectivity index (χ4n) is 9.88. The van der Waals surface area contributed by atoms with Crippen molar-refractivity contribution < 1.29 is 0 Å². The van der Waals surface area contributed by atoms with Crippen molar-refractivity contribution in [2.75, 3.05) is 0 Å². The quantitative estimate of drug-likeness (QED) is 0.180. The number of hydrogen-bond acceptors (Lipinski definition) is 3. The number of aromatic nitrogens is 4. The van der Waals surface area contributed by atoms with Crippen LogP contribution in [0, 0.1) is 0 Å². The summed E-state index contributed by atoms with van der Waals surface area (Å²) in [7, 11) is 0. The third-order valence-corrected chi connectivity index (χ3v) is 14.1. The lowest BCUT2D eigenvalue weighted by Crippen LogP contribution is -2.33. The lowest BCUT2D eigenvalue weighted by molar-refractivity contribution is 0.332. The molecule has 57 heavy (non-hydrogen) atoms. The highest BCUT2D eigenvalue weighted by molar-refractivity contribution is 7.26. The second-order valence-electron chi connectivity index (χ2n) is 17.3. The first-order chi connectivity index (χ1) is 27.7. The van der Waals surface area contributed by atoms with Gasteiger partial charge in [0.2, 0.25) is 5.95 Å². The van der Waals surface area contributed by atoms with Crippen LogP contribution in [0.3, 0.4) is 0 Å². The van der Waals surface area contributed by atoms with E-state index in [1.54, 1.807) is 11.3 Å². The maximum Gasteiger partial charge on any atom is 0.235 e. The predicted octanol–water partition coefficient (Wildman–Crippen LogP) is 14.2. The molecule has 1 aliphatic rings. The molecule has 4 nitrogen and oxygen atoms in total. The van der Waals surface area contributed by atoms with E-state index in [1.165, 1.54) is 77.7 Å². The highest BCUT2D eigenvalue weighted by atomic mass is 32.1. The summed E-state index contributed by atoms with van der Waals surface area (Å²) in [5, 5.41) is 8.44. The Balaban J connectivity index is 1.27. The zero-order valence-electron chi connectivity index (χ0n) is 32.5. The van der Waals surface area contributed by atoms with Crippen molar-refractivity contribution in [1.29, 1.82) is 0 Å². The molecule has 7 aromatic carbocycles. The van der Waals surface area contributed by atoms with Gasteiger partial charge in [-0.2, -0.15) is 0 Å². The summed E-state index contributed by atoms with van der Waals surface area (Å²) >= 11 is 1.78. The predicted molar refractivity (Wildman–Crippen MR) is 242 cm³/mol. The van der Waals surface area contributed by atoms with Gasteiger partial charge in [0.1, 0.15) is 0 Å². The molecule has 5 heteroatoms. The van der Waals surface area contributed by atoms with E-state index < -0.39 is 0 Å². The van der Waals surface area contributed by atoms with Crippen LogP contribution in [0.15, 0.2) is 146 Å². The molecule has 12 rings (SSSR count). The summed E-state index contributed by atoms with van der Waals surface area (Å²) in [6.45, 7) is 9.70. The van der Waals surface area contributed by atoms with Crippen LogP contribution < -0.4 is 0 Å². The molecule has 0 atom stereocenters. The van der Waals surface area contributed by atoms with Crippen molar-refractivity contribution in [3.8, 4) is 22.9 Å². The number of thiophene rings is 1. The van der Waals surface area contributed by atoms with Gasteiger partial charge in [-0.1, -0.05) is 131 Å². The van der Waals surface area contributed by atoms with E-state index in [2.05, 4.69) is 182 Å². The molecule has 1 aliphatic carbocycles. The van der Waals surface area contributed by atoms with Gasteiger partial charge in [0.05, 0.1) is 38.0 Å². The Morgan fingerprint density at radius 2 is 1.11 bits per heavy atom. The molecule has 11 aromatic rings. The van der Waals surface area contributed by atoms with Crippen molar-refractivity contribution in [3.05, 3.63) is 157 Å². The molecular weight excluding hydrogens is 713 g/mol. The fraction of sp³-hybridized carbons (Fsp3) is 0.154. The molecule has 0 radical (unpaired) electrons. The van der Waals surface area contributed by atoms with Gasteiger partial charge in [0, 0.05) is 48.3 Å². The topological polar surface area (TPSA) is 35.6 Å². The van der Waals surface area contributed by atoms with Crippen LogP contribution in [-0.2, 0) is 10.8 Å². The number of benzene rings is 7. The van der Waals surface area contributed by atoms with Gasteiger partial charge in [-0.15, -0.1) is 11.3 Å². The van der Waals surface area contributed by atoms with Crippen molar-refractivity contribution in [2.24, 2.45) is 0 Å². The van der Waals surface area contributed by atoms with Crippen LogP contribution >= 0.6 is 11.3 Å². The van der Waals surface area contributed by atoms with E-state index in [-0.39, 0.29) is 10.8 Å². The van der Waals surface area contributed by atoms with Crippen LogP contribution in [0.4, 0.5) is 0 Å². The normalized spacial score (nSPS) is 15.2.